The normalized spacial score (nSPS) is 11.1. The Balaban J connectivity index is 2.41. The largest absolute Gasteiger partial charge is 0.462 e. The Morgan fingerprint density at radius 2 is 1.79 bits per heavy atom. The molecule has 0 unspecified atom stereocenters. The molecule has 0 aliphatic carbocycles. The van der Waals surface area contributed by atoms with Gasteiger partial charge in [0.1, 0.15) is 10.9 Å². The molecule has 152 valence electrons. The highest BCUT2D eigenvalue weighted by molar-refractivity contribution is 9.11. The van der Waals surface area contributed by atoms with Gasteiger partial charge in [-0.2, -0.15) is 5.26 Å². The zero-order valence-electron chi connectivity index (χ0n) is 16.0. The molecule has 0 spiro atoms. The number of carbonyl (C=O) groups excluding carboxylic acids is 3. The van der Waals surface area contributed by atoms with E-state index in [1.54, 1.807) is 26.8 Å². The fraction of sp³-hybridized carbons (Fsp3) is 0.300. The molecule has 0 bridgehead atoms. The number of esters is 2. The summed E-state index contributed by atoms with van der Waals surface area (Å²) in [6.45, 7) is 5.33. The number of Topliss-reactive ketones (excluding diaryl/α,β-unsaturated/α-hetero) is 1. The second-order valence-electron chi connectivity index (χ2n) is 5.71. The van der Waals surface area contributed by atoms with E-state index in [9.17, 15) is 19.6 Å². The summed E-state index contributed by atoms with van der Waals surface area (Å²) in [7, 11) is 0. The van der Waals surface area contributed by atoms with Crippen LogP contribution in [-0.2, 0) is 20.7 Å². The lowest BCUT2D eigenvalue weighted by atomic mass is 10.0. The minimum absolute atomic E-state index is 0.0297. The van der Waals surface area contributed by atoms with Gasteiger partial charge in [0.05, 0.1) is 28.1 Å². The molecule has 0 aromatic carbocycles. The summed E-state index contributed by atoms with van der Waals surface area (Å²) in [5.74, 6) is -1.61. The number of hydrogen-bond acceptors (Lipinski definition) is 8. The summed E-state index contributed by atoms with van der Waals surface area (Å²) in [4.78, 5) is 38.8. The van der Waals surface area contributed by atoms with Crippen molar-refractivity contribution in [2.45, 2.75) is 27.2 Å². The highest BCUT2D eigenvalue weighted by atomic mass is 79.9. The van der Waals surface area contributed by atoms with Gasteiger partial charge in [-0.05, 0) is 60.5 Å². The molecule has 29 heavy (non-hydrogen) atoms. The van der Waals surface area contributed by atoms with E-state index < -0.39 is 17.7 Å². The summed E-state index contributed by atoms with van der Waals surface area (Å²) >= 11 is 5.75. The van der Waals surface area contributed by atoms with Crippen molar-refractivity contribution in [3.63, 3.8) is 0 Å². The van der Waals surface area contributed by atoms with Gasteiger partial charge in [-0.1, -0.05) is 0 Å². The van der Waals surface area contributed by atoms with Crippen LogP contribution in [0.4, 0.5) is 0 Å². The first kappa shape index (κ1) is 23.0. The maximum Gasteiger partial charge on any atom is 0.348 e. The number of rotatable bonds is 8. The average molecular weight is 496 g/mol. The minimum Gasteiger partial charge on any atom is -0.462 e. The number of nitriles is 1. The third-order valence-electron chi connectivity index (χ3n) is 3.78. The van der Waals surface area contributed by atoms with Gasteiger partial charge in [-0.3, -0.25) is 4.79 Å². The zero-order chi connectivity index (χ0) is 21.6. The van der Waals surface area contributed by atoms with Gasteiger partial charge in [0.15, 0.2) is 5.78 Å². The number of thiophene rings is 2. The fourth-order valence-corrected chi connectivity index (χ4v) is 5.08. The number of carbonyl (C=O) groups is 3. The third-order valence-corrected chi connectivity index (χ3v) is 6.63. The molecule has 0 atom stereocenters. The van der Waals surface area contributed by atoms with Crippen molar-refractivity contribution in [3.8, 4) is 6.07 Å². The predicted octanol–water partition coefficient (Wildman–Crippen LogP) is 4.95. The molecule has 0 saturated heterocycles. The quantitative estimate of drug-likeness (QED) is 0.292. The molecule has 2 aromatic rings. The van der Waals surface area contributed by atoms with Crippen LogP contribution < -0.4 is 0 Å². The molecule has 9 heteroatoms. The Labute approximate surface area is 184 Å². The van der Waals surface area contributed by atoms with Gasteiger partial charge >= 0.3 is 11.9 Å². The van der Waals surface area contributed by atoms with Crippen molar-refractivity contribution >= 4 is 62.4 Å². The summed E-state index contributed by atoms with van der Waals surface area (Å²) in [6.07, 6.45) is 1.32. The van der Waals surface area contributed by atoms with Gasteiger partial charge in [0.2, 0.25) is 0 Å². The summed E-state index contributed by atoms with van der Waals surface area (Å²) in [5, 5.41) is 9.41. The van der Waals surface area contributed by atoms with Gasteiger partial charge in [-0.25, -0.2) is 9.59 Å². The van der Waals surface area contributed by atoms with E-state index in [1.165, 1.54) is 17.4 Å². The maximum atomic E-state index is 12.7. The summed E-state index contributed by atoms with van der Waals surface area (Å²) in [5.41, 5.74) is 0.571. The molecule has 6 nitrogen and oxygen atoms in total. The van der Waals surface area contributed by atoms with Crippen LogP contribution in [-0.4, -0.2) is 30.9 Å². The molecule has 0 fully saturated rings. The number of halogens is 1. The summed E-state index contributed by atoms with van der Waals surface area (Å²) < 4.78 is 11.0. The van der Waals surface area contributed by atoms with Gasteiger partial charge in [-0.15, -0.1) is 22.7 Å². The van der Waals surface area contributed by atoms with Crippen LogP contribution in [0.25, 0.3) is 6.08 Å². The average Bonchev–Trinajstić information content (AvgIpc) is 3.22. The molecule has 2 rings (SSSR count). The second-order valence-corrected chi connectivity index (χ2v) is 9.31. The molecule has 0 N–H and O–H groups in total. The number of ether oxygens (including phenoxy) is 2. The van der Waals surface area contributed by atoms with Crippen molar-refractivity contribution in [3.05, 3.63) is 47.3 Å². The molecule has 2 aromatic heterocycles. The zero-order valence-corrected chi connectivity index (χ0v) is 19.3. The monoisotopic (exact) mass is 495 g/mol. The molecular formula is C20H18BrNO5S2. The first-order valence-corrected chi connectivity index (χ1v) is 11.1. The van der Waals surface area contributed by atoms with E-state index in [4.69, 9.17) is 9.47 Å². The second kappa shape index (κ2) is 10.5. The number of hydrogen-bond donors (Lipinski definition) is 0. The van der Waals surface area contributed by atoms with E-state index in [2.05, 4.69) is 15.9 Å². The van der Waals surface area contributed by atoms with Crippen LogP contribution in [0.3, 0.4) is 0 Å². The van der Waals surface area contributed by atoms with Gasteiger partial charge in [0.25, 0.3) is 0 Å². The van der Waals surface area contributed by atoms with E-state index in [0.717, 1.165) is 20.0 Å². The van der Waals surface area contributed by atoms with Crippen LogP contribution in [0.2, 0.25) is 0 Å². The van der Waals surface area contributed by atoms with Crippen molar-refractivity contribution in [1.29, 1.82) is 5.26 Å². The van der Waals surface area contributed by atoms with Crippen LogP contribution in [0, 0.1) is 18.3 Å². The number of nitrogens with zero attached hydrogens (tertiary/aromatic N) is 1. The Morgan fingerprint density at radius 1 is 1.14 bits per heavy atom. The Bertz CT molecular complexity index is 1010. The highest BCUT2D eigenvalue weighted by Crippen LogP contribution is 2.31. The Hall–Kier alpha value is -2.28. The SMILES string of the molecule is CCOC(=O)c1sc(CC(=O)C(C#N)=Cc2ccc(Br)s2)c(C(=O)OCC)c1C. The predicted molar refractivity (Wildman–Crippen MR) is 115 cm³/mol. The van der Waals surface area contributed by atoms with Crippen LogP contribution >= 0.6 is 38.6 Å². The molecule has 0 radical (unpaired) electrons. The topological polar surface area (TPSA) is 93.5 Å². The van der Waals surface area contributed by atoms with E-state index in [-0.39, 0.29) is 35.6 Å². The Kier molecular flexibility index (Phi) is 8.32. The lowest BCUT2D eigenvalue weighted by Crippen LogP contribution is -2.12. The van der Waals surface area contributed by atoms with Crippen LogP contribution in [0.5, 0.6) is 0 Å². The standard InChI is InChI=1S/C20H18BrNO5S2/c1-4-26-19(24)17-11(3)18(20(25)27-5-2)29-15(17)9-14(23)12(10-22)8-13-6-7-16(21)28-13/h6-8H,4-5,9H2,1-3H3. The first-order chi connectivity index (χ1) is 13.8. The third kappa shape index (κ3) is 5.63. The molecular weight excluding hydrogens is 478 g/mol. The first-order valence-electron chi connectivity index (χ1n) is 8.69. The molecule has 0 aliphatic rings. The molecule has 0 aliphatic heterocycles. The summed E-state index contributed by atoms with van der Waals surface area (Å²) in [6, 6.07) is 5.53. The van der Waals surface area contributed by atoms with Crippen molar-refractivity contribution in [2.24, 2.45) is 0 Å². The van der Waals surface area contributed by atoms with Gasteiger partial charge < -0.3 is 9.47 Å². The van der Waals surface area contributed by atoms with Crippen molar-refractivity contribution in [1.82, 2.24) is 0 Å². The lowest BCUT2D eigenvalue weighted by Gasteiger charge is -2.05. The van der Waals surface area contributed by atoms with E-state index in [1.807, 2.05) is 12.1 Å². The molecule has 0 saturated carbocycles. The highest BCUT2D eigenvalue weighted by Gasteiger charge is 2.28. The number of allylic oxidation sites excluding steroid dienone is 1. The van der Waals surface area contributed by atoms with Gasteiger partial charge in [0, 0.05) is 16.2 Å². The van der Waals surface area contributed by atoms with Crippen LogP contribution in [0.1, 0.15) is 49.2 Å². The van der Waals surface area contributed by atoms with Crippen LogP contribution in [0.15, 0.2) is 21.5 Å². The minimum atomic E-state index is -0.607. The van der Waals surface area contributed by atoms with Crippen molar-refractivity contribution in [2.75, 3.05) is 13.2 Å². The maximum absolute atomic E-state index is 12.7. The fourth-order valence-electron chi connectivity index (χ4n) is 2.52. The van der Waals surface area contributed by atoms with E-state index >= 15 is 0 Å². The van der Waals surface area contributed by atoms with Crippen molar-refractivity contribution < 1.29 is 23.9 Å². The Morgan fingerprint density at radius 3 is 2.34 bits per heavy atom. The molecule has 2 heterocycles. The molecule has 0 amide bonds. The number of ketones is 1. The van der Waals surface area contributed by atoms with E-state index in [0.29, 0.717) is 10.4 Å². The lowest BCUT2D eigenvalue weighted by molar-refractivity contribution is -0.114. The smallest absolute Gasteiger partial charge is 0.348 e.